The zero-order chi connectivity index (χ0) is 15.0. The van der Waals surface area contributed by atoms with E-state index in [2.05, 4.69) is 5.32 Å². The predicted molar refractivity (Wildman–Crippen MR) is 72.1 cm³/mol. The second-order valence-electron chi connectivity index (χ2n) is 4.72. The number of carboxylic acids is 2. The molecule has 0 bridgehead atoms. The molecule has 0 unspecified atom stereocenters. The van der Waals surface area contributed by atoms with Crippen molar-refractivity contribution in [2.45, 2.75) is 38.1 Å². The highest BCUT2D eigenvalue weighted by molar-refractivity contribution is 5.83. The number of carbonyl (C=O) groups is 3. The van der Waals surface area contributed by atoms with Gasteiger partial charge in [-0.15, -0.1) is 0 Å². The summed E-state index contributed by atoms with van der Waals surface area (Å²) >= 11 is 0. The third-order valence-corrected chi connectivity index (χ3v) is 3.05. The molecule has 0 radical (unpaired) electrons. The second-order valence-corrected chi connectivity index (χ2v) is 4.72. The van der Waals surface area contributed by atoms with Crippen LogP contribution < -0.4 is 5.32 Å². The Morgan fingerprint density at radius 1 is 1.10 bits per heavy atom. The molecule has 6 heteroatoms. The van der Waals surface area contributed by atoms with Crippen molar-refractivity contribution in [2.75, 3.05) is 0 Å². The Labute approximate surface area is 117 Å². The molecule has 0 aliphatic heterocycles. The van der Waals surface area contributed by atoms with Gasteiger partial charge in [0.05, 0.1) is 0 Å². The zero-order valence-corrected chi connectivity index (χ0v) is 11.1. The average molecular weight is 281 g/mol. The van der Waals surface area contributed by atoms with Crippen LogP contribution in [0, 0.1) is 5.92 Å². The summed E-state index contributed by atoms with van der Waals surface area (Å²) in [6.45, 7) is 0. The van der Waals surface area contributed by atoms with Gasteiger partial charge in [-0.2, -0.15) is 0 Å². The van der Waals surface area contributed by atoms with Crippen molar-refractivity contribution in [3.63, 3.8) is 0 Å². The Morgan fingerprint density at radius 3 is 2.30 bits per heavy atom. The number of nitrogens with one attached hydrogen (secondary N) is 1. The molecule has 0 spiro atoms. The second kappa shape index (κ2) is 8.14. The van der Waals surface area contributed by atoms with E-state index in [9.17, 15) is 14.4 Å². The van der Waals surface area contributed by atoms with Gasteiger partial charge in [-0.3, -0.25) is 9.59 Å². The van der Waals surface area contributed by atoms with Gasteiger partial charge in [0.25, 0.3) is 0 Å². The van der Waals surface area contributed by atoms with Crippen LogP contribution in [0.5, 0.6) is 0 Å². The minimum Gasteiger partial charge on any atom is -0.481 e. The topological polar surface area (TPSA) is 104 Å². The van der Waals surface area contributed by atoms with Crippen molar-refractivity contribution in [3.05, 3.63) is 24.3 Å². The van der Waals surface area contributed by atoms with E-state index in [0.717, 1.165) is 6.42 Å². The molecule has 6 nitrogen and oxygen atoms in total. The molecule has 0 saturated carbocycles. The maximum absolute atomic E-state index is 11.6. The van der Waals surface area contributed by atoms with Gasteiger partial charge in [0.15, 0.2) is 0 Å². The van der Waals surface area contributed by atoms with E-state index in [0.29, 0.717) is 12.3 Å². The number of hydrogen-bond donors (Lipinski definition) is 3. The molecule has 20 heavy (non-hydrogen) atoms. The highest BCUT2D eigenvalue weighted by Crippen LogP contribution is 2.16. The van der Waals surface area contributed by atoms with E-state index < -0.39 is 18.0 Å². The Balaban J connectivity index is 2.26. The highest BCUT2D eigenvalue weighted by Gasteiger charge is 2.20. The summed E-state index contributed by atoms with van der Waals surface area (Å²) in [5.41, 5.74) is 0. The minimum absolute atomic E-state index is 0.107. The zero-order valence-electron chi connectivity index (χ0n) is 11.1. The molecule has 1 atom stereocenters. The molecule has 0 saturated heterocycles. The molecule has 1 aliphatic carbocycles. The Hall–Kier alpha value is -2.11. The van der Waals surface area contributed by atoms with Crippen molar-refractivity contribution < 1.29 is 24.6 Å². The van der Waals surface area contributed by atoms with E-state index >= 15 is 0 Å². The van der Waals surface area contributed by atoms with Crippen LogP contribution in [0.3, 0.4) is 0 Å². The summed E-state index contributed by atoms with van der Waals surface area (Å²) in [6.07, 6.45) is 9.36. The first-order valence-corrected chi connectivity index (χ1v) is 6.58. The lowest BCUT2D eigenvalue weighted by atomic mass is 10.0. The molecular formula is C14H19NO5. The first kappa shape index (κ1) is 15.9. The molecule has 0 fully saturated rings. The van der Waals surface area contributed by atoms with Gasteiger partial charge >= 0.3 is 11.9 Å². The van der Waals surface area contributed by atoms with E-state index in [-0.39, 0.29) is 25.2 Å². The quantitative estimate of drug-likeness (QED) is 0.591. The molecule has 1 rings (SSSR count). The smallest absolute Gasteiger partial charge is 0.326 e. The summed E-state index contributed by atoms with van der Waals surface area (Å²) in [7, 11) is 0. The molecular weight excluding hydrogens is 262 g/mol. The summed E-state index contributed by atoms with van der Waals surface area (Å²) in [5, 5.41) is 19.8. The molecule has 1 amide bonds. The molecule has 0 aromatic heterocycles. The van der Waals surface area contributed by atoms with E-state index in [1.807, 2.05) is 24.3 Å². The standard InChI is InChI=1S/C14H19NO5/c16-12(7-3-6-10-4-1-2-5-10)15-11(14(19)20)8-9-13(17)18/h1-2,4-5,10-11H,3,6-9H2,(H,15,16)(H,17,18)(H,19,20)/t11-/m0/s1. The number of carbonyl (C=O) groups excluding carboxylic acids is 1. The van der Waals surface area contributed by atoms with Gasteiger partial charge < -0.3 is 15.5 Å². The minimum atomic E-state index is -1.21. The first-order valence-electron chi connectivity index (χ1n) is 6.58. The Bertz CT molecular complexity index is 415. The van der Waals surface area contributed by atoms with Crippen LogP contribution in [0.15, 0.2) is 24.3 Å². The molecule has 0 aromatic carbocycles. The van der Waals surface area contributed by atoms with Crippen LogP contribution in [-0.2, 0) is 14.4 Å². The molecule has 1 aliphatic rings. The van der Waals surface area contributed by atoms with E-state index in [4.69, 9.17) is 10.2 Å². The van der Waals surface area contributed by atoms with Crippen molar-refractivity contribution in [1.29, 1.82) is 0 Å². The Kier molecular flexibility index (Phi) is 6.49. The lowest BCUT2D eigenvalue weighted by Gasteiger charge is -2.13. The third kappa shape index (κ3) is 6.17. The van der Waals surface area contributed by atoms with Gasteiger partial charge in [-0.25, -0.2) is 4.79 Å². The Morgan fingerprint density at radius 2 is 1.75 bits per heavy atom. The summed E-state index contributed by atoms with van der Waals surface area (Å²) in [5.74, 6) is -2.29. The summed E-state index contributed by atoms with van der Waals surface area (Å²) < 4.78 is 0. The van der Waals surface area contributed by atoms with E-state index in [1.54, 1.807) is 0 Å². The highest BCUT2D eigenvalue weighted by atomic mass is 16.4. The molecule has 0 heterocycles. The fourth-order valence-corrected chi connectivity index (χ4v) is 1.96. The van der Waals surface area contributed by atoms with Crippen LogP contribution in [0.2, 0.25) is 0 Å². The van der Waals surface area contributed by atoms with Crippen LogP contribution >= 0.6 is 0 Å². The van der Waals surface area contributed by atoms with Gasteiger partial charge in [0, 0.05) is 12.8 Å². The van der Waals surface area contributed by atoms with Crippen LogP contribution in [0.1, 0.15) is 32.1 Å². The summed E-state index contributed by atoms with van der Waals surface area (Å²) in [6, 6.07) is -1.13. The number of allylic oxidation sites excluding steroid dienone is 4. The number of rotatable bonds is 9. The van der Waals surface area contributed by atoms with Crippen LogP contribution in [0.4, 0.5) is 0 Å². The van der Waals surface area contributed by atoms with Crippen molar-refractivity contribution in [3.8, 4) is 0 Å². The van der Waals surface area contributed by atoms with Crippen LogP contribution in [0.25, 0.3) is 0 Å². The van der Waals surface area contributed by atoms with Gasteiger partial charge in [0.2, 0.25) is 5.91 Å². The number of aliphatic carboxylic acids is 2. The van der Waals surface area contributed by atoms with Crippen molar-refractivity contribution >= 4 is 17.8 Å². The largest absolute Gasteiger partial charge is 0.481 e. The molecule has 110 valence electrons. The number of amides is 1. The maximum Gasteiger partial charge on any atom is 0.326 e. The lowest BCUT2D eigenvalue weighted by molar-refractivity contribution is -0.143. The number of hydrogen-bond acceptors (Lipinski definition) is 3. The maximum atomic E-state index is 11.6. The average Bonchev–Trinajstić information content (AvgIpc) is 2.87. The van der Waals surface area contributed by atoms with Crippen molar-refractivity contribution in [1.82, 2.24) is 5.32 Å². The number of carboxylic acid groups (broad SMARTS) is 2. The third-order valence-electron chi connectivity index (χ3n) is 3.05. The van der Waals surface area contributed by atoms with Crippen LogP contribution in [-0.4, -0.2) is 34.1 Å². The SMILES string of the molecule is O=C(O)CC[C@H](NC(=O)CCCC1C=CC=C1)C(=O)O. The first-order chi connectivity index (χ1) is 9.49. The fraction of sp³-hybridized carbons (Fsp3) is 0.500. The lowest BCUT2D eigenvalue weighted by Crippen LogP contribution is -2.41. The van der Waals surface area contributed by atoms with Gasteiger partial charge in [-0.1, -0.05) is 24.3 Å². The molecule has 3 N–H and O–H groups in total. The molecule has 0 aromatic rings. The fourth-order valence-electron chi connectivity index (χ4n) is 1.96. The van der Waals surface area contributed by atoms with E-state index in [1.165, 1.54) is 0 Å². The summed E-state index contributed by atoms with van der Waals surface area (Å²) in [4.78, 5) is 32.9. The van der Waals surface area contributed by atoms with Crippen molar-refractivity contribution in [2.24, 2.45) is 5.92 Å². The normalized spacial score (nSPS) is 15.2. The predicted octanol–water partition coefficient (Wildman–Crippen LogP) is 1.33. The monoisotopic (exact) mass is 281 g/mol. The van der Waals surface area contributed by atoms with Gasteiger partial charge in [-0.05, 0) is 25.2 Å². The van der Waals surface area contributed by atoms with Gasteiger partial charge in [0.1, 0.15) is 6.04 Å².